The van der Waals surface area contributed by atoms with Crippen molar-refractivity contribution < 1.29 is 28.0 Å². The van der Waals surface area contributed by atoms with E-state index in [0.29, 0.717) is 11.1 Å². The zero-order chi connectivity index (χ0) is 18.9. The fourth-order valence-electron chi connectivity index (χ4n) is 2.39. The van der Waals surface area contributed by atoms with E-state index in [0.717, 1.165) is 6.07 Å². The number of hydrogen-bond acceptors (Lipinski definition) is 6. The van der Waals surface area contributed by atoms with Crippen molar-refractivity contribution in [1.29, 1.82) is 0 Å². The smallest absolute Gasteiger partial charge is 0.339 e. The van der Waals surface area contributed by atoms with Gasteiger partial charge in [0.05, 0.1) is 11.4 Å². The second-order valence-electron chi connectivity index (χ2n) is 5.34. The number of aromatic carboxylic acids is 1. The first-order valence-corrected chi connectivity index (χ1v) is 8.68. The van der Waals surface area contributed by atoms with Crippen LogP contribution in [0.15, 0.2) is 69.7 Å². The van der Waals surface area contributed by atoms with Gasteiger partial charge in [0.1, 0.15) is 16.2 Å². The number of hydrogen-bond donors (Lipinski definition) is 3. The van der Waals surface area contributed by atoms with Crippen LogP contribution in [0.2, 0.25) is 0 Å². The average molecular weight is 418 g/mol. The standard InChI is InChI=1S/C17H12N2O6S.2Na/c20-15-7-6-12(9-14(15)17(21)22)19-18-11-5-4-10-2-1-3-16(13(10)8-11)26(23,24)25;;/h1-9,20H,(H,21,22)(H,23,24,25);;. The molecule has 0 spiro atoms. The predicted octanol–water partition coefficient (Wildman–Crippen LogP) is 3.14. The number of fused-ring (bicyclic) bond motifs is 1. The van der Waals surface area contributed by atoms with E-state index < -0.39 is 16.1 Å². The summed E-state index contributed by atoms with van der Waals surface area (Å²) in [6.45, 7) is 0. The van der Waals surface area contributed by atoms with Gasteiger partial charge in [-0.2, -0.15) is 18.6 Å². The number of carboxylic acids is 1. The SMILES string of the molecule is O=C(O)c1cc(N=Nc2ccc3cccc(S(=O)(=O)O)c3c2)ccc1O.[Na].[Na]. The Labute approximate surface area is 204 Å². The van der Waals surface area contributed by atoms with Crippen LogP contribution in [0.5, 0.6) is 5.75 Å². The van der Waals surface area contributed by atoms with Crippen molar-refractivity contribution in [3.63, 3.8) is 0 Å². The van der Waals surface area contributed by atoms with Crippen molar-refractivity contribution in [3.05, 3.63) is 60.2 Å². The first-order chi connectivity index (χ1) is 12.3. The van der Waals surface area contributed by atoms with E-state index in [1.165, 1.54) is 30.3 Å². The molecule has 3 rings (SSSR count). The molecule has 0 aliphatic rings. The van der Waals surface area contributed by atoms with Crippen LogP contribution < -0.4 is 0 Å². The third kappa shape index (κ3) is 5.62. The van der Waals surface area contributed by atoms with Crippen molar-refractivity contribution in [2.75, 3.05) is 0 Å². The Hall–Kier alpha value is -1.30. The molecule has 3 aromatic carbocycles. The van der Waals surface area contributed by atoms with Gasteiger partial charge in [0, 0.05) is 64.5 Å². The predicted molar refractivity (Wildman–Crippen MR) is 105 cm³/mol. The van der Waals surface area contributed by atoms with E-state index in [2.05, 4.69) is 10.2 Å². The van der Waals surface area contributed by atoms with Crippen LogP contribution in [0.1, 0.15) is 10.4 Å². The Bertz CT molecular complexity index is 1170. The summed E-state index contributed by atoms with van der Waals surface area (Å²) in [4.78, 5) is 10.8. The molecule has 0 saturated carbocycles. The summed E-state index contributed by atoms with van der Waals surface area (Å²) in [5.41, 5.74) is 0.190. The molecule has 0 bridgehead atoms. The number of carboxylic acid groups (broad SMARTS) is 1. The van der Waals surface area contributed by atoms with E-state index in [9.17, 15) is 22.9 Å². The topological polar surface area (TPSA) is 137 Å². The van der Waals surface area contributed by atoms with Gasteiger partial charge in [0.25, 0.3) is 10.1 Å². The summed E-state index contributed by atoms with van der Waals surface area (Å²) >= 11 is 0. The number of rotatable bonds is 4. The Kier molecular flexibility index (Phi) is 8.79. The molecule has 0 fully saturated rings. The van der Waals surface area contributed by atoms with E-state index >= 15 is 0 Å². The first-order valence-electron chi connectivity index (χ1n) is 7.24. The summed E-state index contributed by atoms with van der Waals surface area (Å²) < 4.78 is 32.3. The largest absolute Gasteiger partial charge is 0.507 e. The minimum Gasteiger partial charge on any atom is -0.507 e. The minimum absolute atomic E-state index is 0. The third-order valence-corrected chi connectivity index (χ3v) is 4.51. The molecule has 3 aromatic rings. The number of carbonyl (C=O) groups is 1. The van der Waals surface area contributed by atoms with Gasteiger partial charge >= 0.3 is 5.97 Å². The molecule has 0 aliphatic heterocycles. The van der Waals surface area contributed by atoms with Gasteiger partial charge in [-0.3, -0.25) is 4.55 Å². The van der Waals surface area contributed by atoms with Crippen molar-refractivity contribution in [1.82, 2.24) is 0 Å². The molecule has 0 heterocycles. The molecule has 0 saturated heterocycles. The molecule has 3 N–H and O–H groups in total. The fourth-order valence-corrected chi connectivity index (χ4v) is 3.10. The van der Waals surface area contributed by atoms with Gasteiger partial charge in [0.15, 0.2) is 0 Å². The van der Waals surface area contributed by atoms with E-state index in [4.69, 9.17) is 5.11 Å². The van der Waals surface area contributed by atoms with Crippen molar-refractivity contribution in [2.24, 2.45) is 10.2 Å². The first kappa shape index (κ1) is 24.7. The van der Waals surface area contributed by atoms with E-state index in [1.807, 2.05) is 0 Å². The number of azo groups is 1. The summed E-state index contributed by atoms with van der Waals surface area (Å²) in [7, 11) is -4.40. The number of aromatic hydroxyl groups is 1. The maximum Gasteiger partial charge on any atom is 0.339 e. The molecule has 0 unspecified atom stereocenters. The maximum atomic E-state index is 11.5. The Balaban J connectivity index is 0.00000196. The van der Waals surface area contributed by atoms with Crippen molar-refractivity contribution in [3.8, 4) is 5.75 Å². The van der Waals surface area contributed by atoms with E-state index in [-0.39, 0.29) is 86.4 Å². The van der Waals surface area contributed by atoms with Crippen LogP contribution >= 0.6 is 0 Å². The minimum atomic E-state index is -4.40. The van der Waals surface area contributed by atoms with Gasteiger partial charge in [-0.05, 0) is 41.8 Å². The monoisotopic (exact) mass is 418 g/mol. The van der Waals surface area contributed by atoms with Crippen LogP contribution in [0.3, 0.4) is 0 Å². The zero-order valence-electron chi connectivity index (χ0n) is 15.1. The molecule has 0 aliphatic carbocycles. The number of nitrogens with zero attached hydrogens (tertiary/aromatic N) is 2. The molecule has 134 valence electrons. The zero-order valence-corrected chi connectivity index (χ0v) is 19.9. The molecule has 0 atom stereocenters. The summed E-state index contributed by atoms with van der Waals surface area (Å²) in [5, 5.41) is 27.2. The fraction of sp³-hybridized carbons (Fsp3) is 0. The number of phenols is 1. The quantitative estimate of drug-likeness (QED) is 0.338. The Morgan fingerprint density at radius 1 is 0.893 bits per heavy atom. The van der Waals surface area contributed by atoms with Gasteiger partial charge in [-0.25, -0.2) is 4.79 Å². The van der Waals surface area contributed by atoms with Gasteiger partial charge in [-0.1, -0.05) is 18.2 Å². The molecule has 8 nitrogen and oxygen atoms in total. The summed E-state index contributed by atoms with van der Waals surface area (Å²) in [6.07, 6.45) is 0. The Morgan fingerprint density at radius 2 is 1.50 bits per heavy atom. The third-order valence-electron chi connectivity index (χ3n) is 3.60. The van der Waals surface area contributed by atoms with Crippen LogP contribution in [-0.2, 0) is 10.1 Å². The van der Waals surface area contributed by atoms with Crippen LogP contribution in [0, 0.1) is 0 Å². The van der Waals surface area contributed by atoms with Crippen LogP contribution in [0.25, 0.3) is 10.8 Å². The van der Waals surface area contributed by atoms with Crippen LogP contribution in [0.4, 0.5) is 11.4 Å². The van der Waals surface area contributed by atoms with Gasteiger partial charge in [0.2, 0.25) is 0 Å². The normalized spacial score (nSPS) is 11.0. The Morgan fingerprint density at radius 3 is 2.11 bits per heavy atom. The van der Waals surface area contributed by atoms with E-state index in [1.54, 1.807) is 18.2 Å². The van der Waals surface area contributed by atoms with Crippen molar-refractivity contribution in [2.45, 2.75) is 4.90 Å². The molecule has 11 heteroatoms. The van der Waals surface area contributed by atoms with Gasteiger partial charge in [-0.15, -0.1) is 0 Å². The molecule has 2 radical (unpaired) electrons. The molecule has 0 aromatic heterocycles. The number of benzene rings is 3. The van der Waals surface area contributed by atoms with Gasteiger partial charge < -0.3 is 10.2 Å². The maximum absolute atomic E-state index is 11.5. The summed E-state index contributed by atoms with van der Waals surface area (Å²) in [6, 6.07) is 12.9. The van der Waals surface area contributed by atoms with Crippen molar-refractivity contribution >= 4 is 97.3 Å². The second-order valence-corrected chi connectivity index (χ2v) is 6.73. The molecule has 0 amide bonds. The molecule has 28 heavy (non-hydrogen) atoms. The van der Waals surface area contributed by atoms with Crippen LogP contribution in [-0.4, -0.2) is 88.3 Å². The molecular formula is C17H12N2Na2O6S. The summed E-state index contributed by atoms with van der Waals surface area (Å²) in [5.74, 6) is -1.69. The average Bonchev–Trinajstić information content (AvgIpc) is 2.59. The molecular weight excluding hydrogens is 406 g/mol. The second kappa shape index (κ2) is 9.95.